The lowest BCUT2D eigenvalue weighted by molar-refractivity contribution is 0.0991. The van der Waals surface area contributed by atoms with Crippen LogP contribution in [0.15, 0.2) is 36.8 Å². The molecular weight excluding hydrogens is 214 g/mol. The molecule has 4 heteroatoms. The van der Waals surface area contributed by atoms with Crippen LogP contribution >= 0.6 is 0 Å². The summed E-state index contributed by atoms with van der Waals surface area (Å²) in [4.78, 5) is 15.8. The van der Waals surface area contributed by atoms with E-state index in [1.807, 2.05) is 16.9 Å². The van der Waals surface area contributed by atoms with Crippen molar-refractivity contribution in [2.45, 2.75) is 26.3 Å². The Labute approximate surface area is 100 Å². The number of pyridine rings is 1. The summed E-state index contributed by atoms with van der Waals surface area (Å²) in [5.41, 5.74) is 1.43. The molecule has 0 N–H and O–H groups in total. The zero-order valence-electron chi connectivity index (χ0n) is 10.00. The number of hydrogen-bond acceptors (Lipinski definition) is 3. The largest absolute Gasteiger partial charge is 0.294 e. The van der Waals surface area contributed by atoms with Crippen molar-refractivity contribution >= 4 is 5.78 Å². The van der Waals surface area contributed by atoms with Gasteiger partial charge in [-0.2, -0.15) is 5.10 Å². The number of carbonyl (C=O) groups is 1. The molecular formula is C13H15N3O. The standard InChI is InChI=1S/C13H15N3O/c1-10(2)16-7-5-12(15-16)8-13(17)11-4-3-6-14-9-11/h3-7,9-10H,8H2,1-2H3. The van der Waals surface area contributed by atoms with Crippen molar-refractivity contribution in [1.82, 2.24) is 14.8 Å². The highest BCUT2D eigenvalue weighted by atomic mass is 16.1. The van der Waals surface area contributed by atoms with E-state index in [9.17, 15) is 4.79 Å². The quantitative estimate of drug-likeness (QED) is 0.756. The lowest BCUT2D eigenvalue weighted by Gasteiger charge is -2.03. The minimum Gasteiger partial charge on any atom is -0.294 e. The minimum atomic E-state index is 0.0482. The van der Waals surface area contributed by atoms with E-state index < -0.39 is 0 Å². The van der Waals surface area contributed by atoms with Gasteiger partial charge in [0.15, 0.2) is 5.78 Å². The SMILES string of the molecule is CC(C)n1ccc(CC(=O)c2cccnc2)n1. The molecule has 0 radical (unpaired) electrons. The molecule has 0 aliphatic heterocycles. The number of Topliss-reactive ketones (excluding diaryl/α,β-unsaturated/α-hetero) is 1. The molecule has 0 saturated carbocycles. The normalized spacial score (nSPS) is 10.8. The number of nitrogens with zero attached hydrogens (tertiary/aromatic N) is 3. The zero-order valence-corrected chi connectivity index (χ0v) is 10.00. The summed E-state index contributed by atoms with van der Waals surface area (Å²) in [6.45, 7) is 4.11. The fourth-order valence-corrected chi connectivity index (χ4v) is 1.55. The van der Waals surface area contributed by atoms with Crippen LogP contribution in [0, 0.1) is 0 Å². The number of hydrogen-bond donors (Lipinski definition) is 0. The van der Waals surface area contributed by atoms with Gasteiger partial charge >= 0.3 is 0 Å². The fourth-order valence-electron chi connectivity index (χ4n) is 1.55. The van der Waals surface area contributed by atoms with Gasteiger partial charge in [-0.3, -0.25) is 14.5 Å². The summed E-state index contributed by atoms with van der Waals surface area (Å²) in [5.74, 6) is 0.0482. The summed E-state index contributed by atoms with van der Waals surface area (Å²) in [6.07, 6.45) is 5.47. The van der Waals surface area contributed by atoms with Crippen molar-refractivity contribution in [2.75, 3.05) is 0 Å². The van der Waals surface area contributed by atoms with Gasteiger partial charge in [-0.25, -0.2) is 0 Å². The molecule has 0 bridgehead atoms. The summed E-state index contributed by atoms with van der Waals surface area (Å²) in [6, 6.07) is 5.74. The Hall–Kier alpha value is -1.97. The van der Waals surface area contributed by atoms with E-state index in [0.29, 0.717) is 18.0 Å². The van der Waals surface area contributed by atoms with E-state index in [-0.39, 0.29) is 5.78 Å². The van der Waals surface area contributed by atoms with Crippen LogP contribution < -0.4 is 0 Å². The van der Waals surface area contributed by atoms with Crippen LogP contribution in [-0.2, 0) is 6.42 Å². The van der Waals surface area contributed by atoms with Crippen LogP contribution in [0.5, 0.6) is 0 Å². The second-order valence-electron chi connectivity index (χ2n) is 4.22. The third-order valence-electron chi connectivity index (χ3n) is 2.52. The molecule has 2 aromatic rings. The molecule has 0 fully saturated rings. The molecule has 2 heterocycles. The highest BCUT2D eigenvalue weighted by Gasteiger charge is 2.09. The van der Waals surface area contributed by atoms with E-state index in [1.54, 1.807) is 24.5 Å². The lowest BCUT2D eigenvalue weighted by Crippen LogP contribution is -2.06. The van der Waals surface area contributed by atoms with Crippen molar-refractivity contribution in [3.63, 3.8) is 0 Å². The van der Waals surface area contributed by atoms with Crippen LogP contribution in [0.2, 0.25) is 0 Å². The van der Waals surface area contributed by atoms with Crippen molar-refractivity contribution in [3.05, 3.63) is 48.0 Å². The third kappa shape index (κ3) is 2.78. The Morgan fingerprint density at radius 1 is 1.41 bits per heavy atom. The second kappa shape index (κ2) is 4.91. The van der Waals surface area contributed by atoms with Gasteiger partial charge in [-0.15, -0.1) is 0 Å². The van der Waals surface area contributed by atoms with Crippen LogP contribution in [0.4, 0.5) is 0 Å². The molecule has 2 rings (SSSR count). The monoisotopic (exact) mass is 229 g/mol. The highest BCUT2D eigenvalue weighted by molar-refractivity contribution is 5.96. The van der Waals surface area contributed by atoms with Crippen LogP contribution in [0.1, 0.15) is 35.9 Å². The van der Waals surface area contributed by atoms with Crippen molar-refractivity contribution < 1.29 is 4.79 Å². The molecule has 17 heavy (non-hydrogen) atoms. The first kappa shape index (κ1) is 11.5. The average molecular weight is 229 g/mol. The van der Waals surface area contributed by atoms with E-state index in [0.717, 1.165) is 5.69 Å². The van der Waals surface area contributed by atoms with Crippen LogP contribution in [0.25, 0.3) is 0 Å². The molecule has 0 atom stereocenters. The van der Waals surface area contributed by atoms with Gasteiger partial charge in [0.05, 0.1) is 12.1 Å². The topological polar surface area (TPSA) is 47.8 Å². The molecule has 0 aromatic carbocycles. The van der Waals surface area contributed by atoms with Crippen LogP contribution in [0.3, 0.4) is 0 Å². The Morgan fingerprint density at radius 2 is 2.24 bits per heavy atom. The van der Waals surface area contributed by atoms with Crippen molar-refractivity contribution in [3.8, 4) is 0 Å². The van der Waals surface area contributed by atoms with Crippen molar-refractivity contribution in [1.29, 1.82) is 0 Å². The van der Waals surface area contributed by atoms with E-state index in [1.165, 1.54) is 0 Å². The fraction of sp³-hybridized carbons (Fsp3) is 0.308. The number of carbonyl (C=O) groups excluding carboxylic acids is 1. The first-order valence-corrected chi connectivity index (χ1v) is 5.64. The molecule has 0 aliphatic rings. The Balaban J connectivity index is 2.08. The van der Waals surface area contributed by atoms with Gasteiger partial charge in [-0.1, -0.05) is 0 Å². The molecule has 88 valence electrons. The van der Waals surface area contributed by atoms with Crippen molar-refractivity contribution in [2.24, 2.45) is 0 Å². The van der Waals surface area contributed by atoms with E-state index in [2.05, 4.69) is 23.9 Å². The Bertz CT molecular complexity index is 502. The molecule has 0 spiro atoms. The highest BCUT2D eigenvalue weighted by Crippen LogP contribution is 2.07. The summed E-state index contributed by atoms with van der Waals surface area (Å²) in [5, 5.41) is 4.35. The lowest BCUT2D eigenvalue weighted by atomic mass is 10.1. The van der Waals surface area contributed by atoms with Gasteiger partial charge in [0.25, 0.3) is 0 Å². The Kier molecular flexibility index (Phi) is 3.32. The Morgan fingerprint density at radius 3 is 2.82 bits per heavy atom. The second-order valence-corrected chi connectivity index (χ2v) is 4.22. The molecule has 4 nitrogen and oxygen atoms in total. The van der Waals surface area contributed by atoms with Gasteiger partial charge in [-0.05, 0) is 32.0 Å². The van der Waals surface area contributed by atoms with E-state index >= 15 is 0 Å². The first-order valence-electron chi connectivity index (χ1n) is 5.64. The maximum atomic E-state index is 11.9. The number of ketones is 1. The predicted molar refractivity (Wildman–Crippen MR) is 64.9 cm³/mol. The number of rotatable bonds is 4. The predicted octanol–water partition coefficient (Wildman–Crippen LogP) is 2.28. The average Bonchev–Trinajstić information content (AvgIpc) is 2.79. The van der Waals surface area contributed by atoms with Gasteiger partial charge in [0.2, 0.25) is 0 Å². The maximum absolute atomic E-state index is 11.9. The zero-order chi connectivity index (χ0) is 12.3. The first-order chi connectivity index (χ1) is 8.16. The summed E-state index contributed by atoms with van der Waals surface area (Å²) in [7, 11) is 0. The van der Waals surface area contributed by atoms with Gasteiger partial charge in [0.1, 0.15) is 0 Å². The van der Waals surface area contributed by atoms with Crippen LogP contribution in [-0.4, -0.2) is 20.5 Å². The number of aromatic nitrogens is 3. The smallest absolute Gasteiger partial charge is 0.170 e. The van der Waals surface area contributed by atoms with Gasteiger partial charge < -0.3 is 0 Å². The van der Waals surface area contributed by atoms with E-state index in [4.69, 9.17) is 0 Å². The molecule has 2 aromatic heterocycles. The molecule has 0 unspecified atom stereocenters. The van der Waals surface area contributed by atoms with Gasteiger partial charge in [0, 0.05) is 30.2 Å². The molecule has 0 saturated heterocycles. The minimum absolute atomic E-state index is 0.0482. The maximum Gasteiger partial charge on any atom is 0.170 e. The summed E-state index contributed by atoms with van der Waals surface area (Å²) >= 11 is 0. The molecule has 0 amide bonds. The molecule has 0 aliphatic carbocycles. The summed E-state index contributed by atoms with van der Waals surface area (Å²) < 4.78 is 1.85. The third-order valence-corrected chi connectivity index (χ3v) is 2.52.